The van der Waals surface area contributed by atoms with Gasteiger partial charge in [-0.1, -0.05) is 15.9 Å². The number of rotatable bonds is 3. The molecular formula is C15H18BrFN2. The Kier molecular flexibility index (Phi) is 2.77. The average molecular weight is 325 g/mol. The minimum Gasteiger partial charge on any atom is -0.271 e. The predicted molar refractivity (Wildman–Crippen MR) is 75.5 cm³/mol. The van der Waals surface area contributed by atoms with Gasteiger partial charge in [0, 0.05) is 10.0 Å². The molecule has 0 aromatic heterocycles. The van der Waals surface area contributed by atoms with E-state index in [-0.39, 0.29) is 11.9 Å². The molecule has 3 fully saturated rings. The molecule has 0 aliphatic heterocycles. The minimum absolute atomic E-state index is 0.0316. The van der Waals surface area contributed by atoms with Crippen LogP contribution in [-0.2, 0) is 0 Å². The van der Waals surface area contributed by atoms with E-state index in [2.05, 4.69) is 21.4 Å². The van der Waals surface area contributed by atoms with Crippen molar-refractivity contribution in [2.24, 2.45) is 35.4 Å². The van der Waals surface area contributed by atoms with Crippen LogP contribution in [0.1, 0.15) is 30.9 Å². The smallest absolute Gasteiger partial charge is 0.128 e. The molecule has 0 radical (unpaired) electrons. The van der Waals surface area contributed by atoms with Gasteiger partial charge in [0.25, 0.3) is 0 Å². The zero-order valence-corrected chi connectivity index (χ0v) is 12.2. The molecule has 0 spiro atoms. The number of hydrogen-bond acceptors (Lipinski definition) is 2. The molecule has 0 heterocycles. The van der Waals surface area contributed by atoms with Crippen LogP contribution >= 0.6 is 15.9 Å². The van der Waals surface area contributed by atoms with Crippen molar-refractivity contribution < 1.29 is 4.39 Å². The predicted octanol–water partition coefficient (Wildman–Crippen LogP) is 3.38. The van der Waals surface area contributed by atoms with Crippen molar-refractivity contribution in [1.82, 2.24) is 5.43 Å². The molecule has 1 aromatic carbocycles. The van der Waals surface area contributed by atoms with E-state index in [9.17, 15) is 4.39 Å². The number of nitrogens with one attached hydrogen (secondary N) is 1. The van der Waals surface area contributed by atoms with Gasteiger partial charge in [-0.15, -0.1) is 0 Å². The Balaban J connectivity index is 1.64. The van der Waals surface area contributed by atoms with E-state index >= 15 is 0 Å². The van der Waals surface area contributed by atoms with Crippen LogP contribution < -0.4 is 11.3 Å². The zero-order valence-electron chi connectivity index (χ0n) is 10.7. The largest absolute Gasteiger partial charge is 0.271 e. The highest BCUT2D eigenvalue weighted by Crippen LogP contribution is 2.72. The average Bonchev–Trinajstić information content (AvgIpc) is 2.82. The van der Waals surface area contributed by atoms with E-state index in [1.807, 2.05) is 6.07 Å². The molecule has 2 nitrogen and oxygen atoms in total. The number of halogens is 2. The molecule has 3 saturated carbocycles. The summed E-state index contributed by atoms with van der Waals surface area (Å²) in [5.74, 6) is 9.48. The number of fused-ring (bicyclic) bond motifs is 5. The van der Waals surface area contributed by atoms with E-state index in [1.165, 1.54) is 25.3 Å². The van der Waals surface area contributed by atoms with Crippen molar-refractivity contribution in [2.75, 3.05) is 0 Å². The summed E-state index contributed by atoms with van der Waals surface area (Å²) in [5, 5.41) is 0. The van der Waals surface area contributed by atoms with Crippen molar-refractivity contribution in [3.05, 3.63) is 34.1 Å². The van der Waals surface area contributed by atoms with E-state index in [4.69, 9.17) is 5.84 Å². The van der Waals surface area contributed by atoms with Crippen LogP contribution in [0.3, 0.4) is 0 Å². The highest BCUT2D eigenvalue weighted by atomic mass is 79.9. The van der Waals surface area contributed by atoms with Gasteiger partial charge in [-0.2, -0.15) is 0 Å². The van der Waals surface area contributed by atoms with Crippen LogP contribution in [-0.4, -0.2) is 0 Å². The number of nitrogens with two attached hydrogens (primary N) is 1. The van der Waals surface area contributed by atoms with Crippen molar-refractivity contribution in [3.63, 3.8) is 0 Å². The van der Waals surface area contributed by atoms with Gasteiger partial charge in [0.2, 0.25) is 0 Å². The first-order valence-electron chi connectivity index (χ1n) is 7.12. The molecule has 0 saturated heterocycles. The van der Waals surface area contributed by atoms with Gasteiger partial charge in [-0.3, -0.25) is 11.3 Å². The Morgan fingerprint density at radius 2 is 1.95 bits per heavy atom. The van der Waals surface area contributed by atoms with Crippen molar-refractivity contribution in [3.8, 4) is 0 Å². The molecule has 102 valence electrons. The van der Waals surface area contributed by atoms with E-state index in [1.54, 1.807) is 6.07 Å². The van der Waals surface area contributed by atoms with E-state index in [0.717, 1.165) is 33.7 Å². The fourth-order valence-electron chi connectivity index (χ4n) is 5.00. The first-order chi connectivity index (χ1) is 9.20. The van der Waals surface area contributed by atoms with Crippen LogP contribution in [0, 0.1) is 35.4 Å². The first-order valence-corrected chi connectivity index (χ1v) is 7.91. The van der Waals surface area contributed by atoms with Gasteiger partial charge < -0.3 is 0 Å². The molecule has 4 heteroatoms. The molecule has 1 aromatic rings. The van der Waals surface area contributed by atoms with Crippen molar-refractivity contribution in [1.29, 1.82) is 0 Å². The Morgan fingerprint density at radius 1 is 1.26 bits per heavy atom. The molecule has 4 rings (SSSR count). The molecule has 0 amide bonds. The third-order valence-electron chi connectivity index (χ3n) is 5.65. The summed E-state index contributed by atoms with van der Waals surface area (Å²) in [6.45, 7) is 0. The lowest BCUT2D eigenvalue weighted by molar-refractivity contribution is 0.365. The monoisotopic (exact) mass is 324 g/mol. The third-order valence-corrected chi connectivity index (χ3v) is 6.15. The van der Waals surface area contributed by atoms with E-state index in [0.29, 0.717) is 5.92 Å². The standard InChI is InChI=1S/C15H18BrFN2/c16-9-3-4-11(17)10(6-9)15(19-18)14-12-7-1-2-8(5-7)13(12)14/h3-4,6-8,12-15,19H,1-2,5,18H2. The fraction of sp³-hybridized carbons (Fsp3) is 0.600. The summed E-state index contributed by atoms with van der Waals surface area (Å²) in [4.78, 5) is 0. The molecule has 5 unspecified atom stereocenters. The number of hydrogen-bond donors (Lipinski definition) is 2. The first kappa shape index (κ1) is 12.3. The van der Waals surface area contributed by atoms with Gasteiger partial charge in [-0.25, -0.2) is 4.39 Å². The second-order valence-corrected chi connectivity index (χ2v) is 7.29. The second-order valence-electron chi connectivity index (χ2n) is 6.38. The summed E-state index contributed by atoms with van der Waals surface area (Å²) in [6, 6.07) is 5.10. The maximum atomic E-state index is 14.1. The highest BCUT2D eigenvalue weighted by molar-refractivity contribution is 9.10. The van der Waals surface area contributed by atoms with Crippen molar-refractivity contribution in [2.45, 2.75) is 25.3 Å². The Morgan fingerprint density at radius 3 is 2.58 bits per heavy atom. The Hall–Kier alpha value is -0.450. The van der Waals surface area contributed by atoms with E-state index < -0.39 is 0 Å². The summed E-state index contributed by atoms with van der Waals surface area (Å²) >= 11 is 3.43. The summed E-state index contributed by atoms with van der Waals surface area (Å²) in [5.41, 5.74) is 3.60. The molecule has 3 aliphatic carbocycles. The van der Waals surface area contributed by atoms with Gasteiger partial charge >= 0.3 is 0 Å². The highest BCUT2D eigenvalue weighted by Gasteiger charge is 2.66. The lowest BCUT2D eigenvalue weighted by Gasteiger charge is -2.21. The van der Waals surface area contributed by atoms with Crippen LogP contribution in [0.25, 0.3) is 0 Å². The number of hydrazine groups is 1. The maximum absolute atomic E-state index is 14.1. The Bertz CT molecular complexity index is 505. The maximum Gasteiger partial charge on any atom is 0.128 e. The van der Waals surface area contributed by atoms with Gasteiger partial charge in [-0.05, 0) is 67.1 Å². The summed E-state index contributed by atoms with van der Waals surface area (Å²) in [7, 11) is 0. The second kappa shape index (κ2) is 4.27. The topological polar surface area (TPSA) is 38.0 Å². The molecule has 2 bridgehead atoms. The summed E-state index contributed by atoms with van der Waals surface area (Å²) in [6.07, 6.45) is 4.16. The molecule has 5 atom stereocenters. The molecule has 19 heavy (non-hydrogen) atoms. The lowest BCUT2D eigenvalue weighted by atomic mass is 9.93. The minimum atomic E-state index is -0.150. The normalized spacial score (nSPS) is 40.3. The lowest BCUT2D eigenvalue weighted by Crippen LogP contribution is -2.32. The fourth-order valence-corrected chi connectivity index (χ4v) is 5.38. The Labute approximate surface area is 121 Å². The van der Waals surface area contributed by atoms with Gasteiger partial charge in [0.15, 0.2) is 0 Å². The third kappa shape index (κ3) is 1.73. The number of benzene rings is 1. The van der Waals surface area contributed by atoms with Gasteiger partial charge in [0.1, 0.15) is 5.82 Å². The van der Waals surface area contributed by atoms with Gasteiger partial charge in [0.05, 0.1) is 6.04 Å². The quantitative estimate of drug-likeness (QED) is 0.660. The van der Waals surface area contributed by atoms with Crippen molar-refractivity contribution >= 4 is 15.9 Å². The zero-order chi connectivity index (χ0) is 13.1. The van der Waals surface area contributed by atoms with Crippen LogP contribution in [0.5, 0.6) is 0 Å². The van der Waals surface area contributed by atoms with Crippen LogP contribution in [0.2, 0.25) is 0 Å². The molecule has 3 N–H and O–H groups in total. The molecular weight excluding hydrogens is 307 g/mol. The van der Waals surface area contributed by atoms with Crippen LogP contribution in [0.4, 0.5) is 4.39 Å². The van der Waals surface area contributed by atoms with Crippen LogP contribution in [0.15, 0.2) is 22.7 Å². The molecule has 3 aliphatic rings. The SMILES string of the molecule is NNC(c1cc(Br)ccc1F)C1C2C3CCC(C3)C21. The summed E-state index contributed by atoms with van der Waals surface area (Å²) < 4.78 is 15.0.